The highest BCUT2D eigenvalue weighted by Crippen LogP contribution is 2.25. The standard InChI is InChI=1S/C14H27N3O.2ClH/c1-10(2)7-13(15)14(18)17-9-12-5-4-6-16(12)8-11(17)3;;/h10-13H,4-9,15H2,1-3H3;2*1H/t11?,12?,13-;;/m0../s1. The number of fused-ring (bicyclic) bond motifs is 1. The highest BCUT2D eigenvalue weighted by atomic mass is 35.5. The molecule has 1 amide bonds. The van der Waals surface area contributed by atoms with E-state index in [1.54, 1.807) is 0 Å². The van der Waals surface area contributed by atoms with E-state index in [2.05, 4.69) is 25.7 Å². The lowest BCUT2D eigenvalue weighted by molar-refractivity contribution is -0.138. The number of hydrogen-bond acceptors (Lipinski definition) is 3. The first-order valence-corrected chi connectivity index (χ1v) is 7.29. The smallest absolute Gasteiger partial charge is 0.239 e. The first-order chi connectivity index (χ1) is 8.49. The maximum absolute atomic E-state index is 12.4. The van der Waals surface area contributed by atoms with Crippen molar-refractivity contribution >= 4 is 30.7 Å². The molecule has 4 nitrogen and oxygen atoms in total. The zero-order valence-electron chi connectivity index (χ0n) is 12.7. The summed E-state index contributed by atoms with van der Waals surface area (Å²) in [5.41, 5.74) is 6.04. The fraction of sp³-hybridized carbons (Fsp3) is 0.929. The average Bonchev–Trinajstić information content (AvgIpc) is 2.72. The van der Waals surface area contributed by atoms with E-state index in [1.807, 2.05) is 4.90 Å². The Morgan fingerprint density at radius 1 is 1.30 bits per heavy atom. The number of carbonyl (C=O) groups excluding carboxylic acids is 1. The quantitative estimate of drug-likeness (QED) is 0.862. The summed E-state index contributed by atoms with van der Waals surface area (Å²) in [4.78, 5) is 17.0. The largest absolute Gasteiger partial charge is 0.336 e. The normalized spacial score (nSPS) is 27.6. The van der Waals surface area contributed by atoms with Crippen LogP contribution in [-0.4, -0.2) is 53.5 Å². The van der Waals surface area contributed by atoms with E-state index >= 15 is 0 Å². The molecule has 20 heavy (non-hydrogen) atoms. The van der Waals surface area contributed by atoms with Gasteiger partial charge < -0.3 is 10.6 Å². The number of rotatable bonds is 3. The van der Waals surface area contributed by atoms with Crippen molar-refractivity contribution < 1.29 is 4.79 Å². The summed E-state index contributed by atoms with van der Waals surface area (Å²) in [6.45, 7) is 9.48. The fourth-order valence-electron chi connectivity index (χ4n) is 3.32. The Morgan fingerprint density at radius 2 is 1.95 bits per heavy atom. The van der Waals surface area contributed by atoms with Crippen LogP contribution in [0.3, 0.4) is 0 Å². The molecule has 2 fully saturated rings. The molecule has 2 rings (SSSR count). The van der Waals surface area contributed by atoms with Gasteiger partial charge in [0, 0.05) is 25.2 Å². The minimum Gasteiger partial charge on any atom is -0.336 e. The van der Waals surface area contributed by atoms with E-state index in [1.165, 1.54) is 19.4 Å². The average molecular weight is 326 g/mol. The number of carbonyl (C=O) groups is 1. The Balaban J connectivity index is 0.00000180. The fourth-order valence-corrected chi connectivity index (χ4v) is 3.32. The van der Waals surface area contributed by atoms with Crippen LogP contribution >= 0.6 is 24.8 Å². The second-order valence-corrected chi connectivity index (χ2v) is 6.37. The summed E-state index contributed by atoms with van der Waals surface area (Å²) < 4.78 is 0. The van der Waals surface area contributed by atoms with Crippen molar-refractivity contribution in [2.45, 2.75) is 58.2 Å². The molecule has 0 aromatic heterocycles. The molecule has 0 aromatic carbocycles. The van der Waals surface area contributed by atoms with Gasteiger partial charge >= 0.3 is 0 Å². The number of amides is 1. The third-order valence-electron chi connectivity index (χ3n) is 4.26. The first-order valence-electron chi connectivity index (χ1n) is 7.29. The van der Waals surface area contributed by atoms with Gasteiger partial charge in [-0.25, -0.2) is 0 Å². The minimum absolute atomic E-state index is 0. The van der Waals surface area contributed by atoms with Crippen molar-refractivity contribution in [3.8, 4) is 0 Å². The molecule has 120 valence electrons. The van der Waals surface area contributed by atoms with Crippen LogP contribution in [-0.2, 0) is 4.79 Å². The van der Waals surface area contributed by atoms with Crippen molar-refractivity contribution in [2.24, 2.45) is 11.7 Å². The molecule has 0 radical (unpaired) electrons. The van der Waals surface area contributed by atoms with Gasteiger partial charge in [-0.1, -0.05) is 13.8 Å². The molecule has 0 spiro atoms. The van der Waals surface area contributed by atoms with Crippen LogP contribution in [0, 0.1) is 5.92 Å². The second kappa shape index (κ2) is 8.42. The van der Waals surface area contributed by atoms with Gasteiger partial charge in [-0.2, -0.15) is 0 Å². The van der Waals surface area contributed by atoms with Crippen LogP contribution in [0.25, 0.3) is 0 Å². The van der Waals surface area contributed by atoms with E-state index in [4.69, 9.17) is 5.73 Å². The third kappa shape index (κ3) is 4.48. The SMILES string of the molecule is CC(C)C[C@H](N)C(=O)N1CC2CCCN2CC1C.Cl.Cl. The van der Waals surface area contributed by atoms with Crippen LogP contribution < -0.4 is 5.73 Å². The van der Waals surface area contributed by atoms with Crippen LogP contribution in [0.15, 0.2) is 0 Å². The van der Waals surface area contributed by atoms with Crippen molar-refractivity contribution in [1.29, 1.82) is 0 Å². The molecule has 2 saturated heterocycles. The van der Waals surface area contributed by atoms with Gasteiger partial charge in [0.2, 0.25) is 5.91 Å². The Morgan fingerprint density at radius 3 is 2.55 bits per heavy atom. The maximum atomic E-state index is 12.4. The summed E-state index contributed by atoms with van der Waals surface area (Å²) in [5, 5.41) is 0. The maximum Gasteiger partial charge on any atom is 0.239 e. The summed E-state index contributed by atoms with van der Waals surface area (Å²) in [6, 6.07) is 0.571. The second-order valence-electron chi connectivity index (χ2n) is 6.37. The highest BCUT2D eigenvalue weighted by Gasteiger charge is 2.37. The molecule has 0 saturated carbocycles. The summed E-state index contributed by atoms with van der Waals surface area (Å²) in [5.74, 6) is 0.634. The van der Waals surface area contributed by atoms with E-state index in [9.17, 15) is 4.79 Å². The van der Waals surface area contributed by atoms with Gasteiger partial charge in [0.1, 0.15) is 0 Å². The van der Waals surface area contributed by atoms with E-state index in [0.29, 0.717) is 18.0 Å². The van der Waals surface area contributed by atoms with E-state index < -0.39 is 0 Å². The number of nitrogens with zero attached hydrogens (tertiary/aromatic N) is 2. The molecule has 2 unspecified atom stereocenters. The van der Waals surface area contributed by atoms with Crippen molar-refractivity contribution in [3.63, 3.8) is 0 Å². The van der Waals surface area contributed by atoms with Gasteiger partial charge in [0.15, 0.2) is 0 Å². The lowest BCUT2D eigenvalue weighted by Gasteiger charge is -2.43. The molecule has 2 N–H and O–H groups in total. The first kappa shape index (κ1) is 20.0. The molecule has 3 atom stereocenters. The Bertz CT molecular complexity index is 315. The number of piperazine rings is 1. The van der Waals surface area contributed by atoms with Gasteiger partial charge in [0.25, 0.3) is 0 Å². The van der Waals surface area contributed by atoms with Gasteiger partial charge in [-0.05, 0) is 38.6 Å². The Kier molecular flexibility index (Phi) is 8.41. The molecule has 2 heterocycles. The van der Waals surface area contributed by atoms with Gasteiger partial charge in [-0.3, -0.25) is 9.69 Å². The minimum atomic E-state index is -0.319. The topological polar surface area (TPSA) is 49.6 Å². The number of halogens is 2. The molecular formula is C14H29Cl2N3O. The van der Waals surface area contributed by atoms with E-state index in [-0.39, 0.29) is 36.8 Å². The summed E-state index contributed by atoms with van der Waals surface area (Å²) >= 11 is 0. The zero-order chi connectivity index (χ0) is 13.3. The molecule has 0 aromatic rings. The predicted octanol–water partition coefficient (Wildman–Crippen LogP) is 1.90. The third-order valence-corrected chi connectivity index (χ3v) is 4.26. The molecule has 2 aliphatic rings. The lowest BCUT2D eigenvalue weighted by Crippen LogP contribution is -2.59. The Hall–Kier alpha value is -0.0300. The van der Waals surface area contributed by atoms with Crippen LogP contribution in [0.4, 0.5) is 0 Å². The number of nitrogens with two attached hydrogens (primary N) is 1. The van der Waals surface area contributed by atoms with Crippen molar-refractivity contribution in [3.05, 3.63) is 0 Å². The monoisotopic (exact) mass is 325 g/mol. The van der Waals surface area contributed by atoms with Crippen LogP contribution in [0.1, 0.15) is 40.0 Å². The van der Waals surface area contributed by atoms with E-state index in [0.717, 1.165) is 19.5 Å². The number of hydrogen-bond donors (Lipinski definition) is 1. The van der Waals surface area contributed by atoms with Crippen molar-refractivity contribution in [2.75, 3.05) is 19.6 Å². The van der Waals surface area contributed by atoms with Gasteiger partial charge in [-0.15, -0.1) is 24.8 Å². The molecule has 2 aliphatic heterocycles. The molecule has 0 bridgehead atoms. The molecule has 6 heteroatoms. The summed E-state index contributed by atoms with van der Waals surface area (Å²) in [7, 11) is 0. The Labute approximate surface area is 135 Å². The van der Waals surface area contributed by atoms with Crippen molar-refractivity contribution in [1.82, 2.24) is 9.80 Å². The van der Waals surface area contributed by atoms with Gasteiger partial charge in [0.05, 0.1) is 6.04 Å². The zero-order valence-corrected chi connectivity index (χ0v) is 14.4. The van der Waals surface area contributed by atoms with Crippen LogP contribution in [0.2, 0.25) is 0 Å². The highest BCUT2D eigenvalue weighted by molar-refractivity contribution is 5.85. The lowest BCUT2D eigenvalue weighted by atomic mass is 10.0. The molecular weight excluding hydrogens is 297 g/mol. The van der Waals surface area contributed by atoms with Crippen LogP contribution in [0.5, 0.6) is 0 Å². The predicted molar refractivity (Wildman–Crippen MR) is 87.7 cm³/mol. The summed E-state index contributed by atoms with van der Waals surface area (Å²) in [6.07, 6.45) is 3.30. The molecule has 0 aliphatic carbocycles.